The second kappa shape index (κ2) is 6.60. The molecule has 1 rings (SSSR count). The molecule has 19 heavy (non-hydrogen) atoms. The van der Waals surface area contributed by atoms with E-state index >= 15 is 0 Å². The molecule has 0 atom stereocenters. The minimum Gasteiger partial charge on any atom is -0.484 e. The van der Waals surface area contributed by atoms with Crippen molar-refractivity contribution in [3.8, 4) is 5.75 Å². The van der Waals surface area contributed by atoms with Gasteiger partial charge in [0.15, 0.2) is 6.61 Å². The van der Waals surface area contributed by atoms with Crippen LogP contribution in [0.3, 0.4) is 0 Å². The van der Waals surface area contributed by atoms with Crippen molar-refractivity contribution in [2.45, 2.75) is 52.5 Å². The van der Waals surface area contributed by atoms with Gasteiger partial charge in [0, 0.05) is 5.54 Å². The van der Waals surface area contributed by atoms with E-state index in [1.807, 2.05) is 39.0 Å². The maximum absolute atomic E-state index is 11.8. The molecule has 0 aromatic heterocycles. The SMILES string of the molecule is CCC(C)(C)NC(=O)COc1cccc(C(C)C)c1. The third-order valence-corrected chi connectivity index (χ3v) is 3.26. The third-order valence-electron chi connectivity index (χ3n) is 3.26. The first-order chi connectivity index (χ1) is 8.84. The van der Waals surface area contributed by atoms with Crippen molar-refractivity contribution in [3.63, 3.8) is 0 Å². The lowest BCUT2D eigenvalue weighted by Gasteiger charge is -2.24. The Morgan fingerprint density at radius 1 is 1.37 bits per heavy atom. The molecular weight excluding hydrogens is 238 g/mol. The Labute approximate surface area is 116 Å². The highest BCUT2D eigenvalue weighted by atomic mass is 16.5. The molecule has 0 saturated carbocycles. The van der Waals surface area contributed by atoms with Crippen LogP contribution in [0.15, 0.2) is 24.3 Å². The predicted octanol–water partition coefficient (Wildman–Crippen LogP) is 3.49. The van der Waals surface area contributed by atoms with Gasteiger partial charge in [0.25, 0.3) is 5.91 Å². The molecule has 1 N–H and O–H groups in total. The van der Waals surface area contributed by atoms with E-state index in [9.17, 15) is 4.79 Å². The highest BCUT2D eigenvalue weighted by Crippen LogP contribution is 2.20. The van der Waals surface area contributed by atoms with E-state index in [-0.39, 0.29) is 18.1 Å². The van der Waals surface area contributed by atoms with E-state index in [0.717, 1.165) is 12.2 Å². The molecule has 0 aliphatic heterocycles. The van der Waals surface area contributed by atoms with Gasteiger partial charge in [-0.25, -0.2) is 0 Å². The molecule has 0 spiro atoms. The number of rotatable bonds is 6. The van der Waals surface area contributed by atoms with Gasteiger partial charge in [0.05, 0.1) is 0 Å². The molecule has 0 bridgehead atoms. The number of nitrogens with one attached hydrogen (secondary N) is 1. The van der Waals surface area contributed by atoms with Gasteiger partial charge in [0.2, 0.25) is 0 Å². The second-order valence-electron chi connectivity index (χ2n) is 5.80. The van der Waals surface area contributed by atoms with E-state index < -0.39 is 0 Å². The molecule has 1 aromatic carbocycles. The van der Waals surface area contributed by atoms with Crippen LogP contribution in [0.1, 0.15) is 52.5 Å². The van der Waals surface area contributed by atoms with Gasteiger partial charge in [-0.05, 0) is 43.9 Å². The van der Waals surface area contributed by atoms with Crippen LogP contribution in [-0.4, -0.2) is 18.1 Å². The van der Waals surface area contributed by atoms with Crippen molar-refractivity contribution in [2.75, 3.05) is 6.61 Å². The Hall–Kier alpha value is -1.51. The first-order valence-electron chi connectivity index (χ1n) is 6.88. The molecule has 0 radical (unpaired) electrons. The van der Waals surface area contributed by atoms with Gasteiger partial charge < -0.3 is 10.1 Å². The van der Waals surface area contributed by atoms with Crippen LogP contribution >= 0.6 is 0 Å². The number of hydrogen-bond donors (Lipinski definition) is 1. The highest BCUT2D eigenvalue weighted by Gasteiger charge is 2.17. The van der Waals surface area contributed by atoms with Crippen LogP contribution in [0.2, 0.25) is 0 Å². The Kier molecular flexibility index (Phi) is 5.40. The summed E-state index contributed by atoms with van der Waals surface area (Å²) in [5.41, 5.74) is 1.03. The van der Waals surface area contributed by atoms with Gasteiger partial charge in [0.1, 0.15) is 5.75 Å². The zero-order valence-electron chi connectivity index (χ0n) is 12.6. The molecular formula is C16H25NO2. The molecule has 3 heteroatoms. The number of carbonyl (C=O) groups excluding carboxylic acids is 1. The van der Waals surface area contributed by atoms with Crippen molar-refractivity contribution >= 4 is 5.91 Å². The summed E-state index contributed by atoms with van der Waals surface area (Å²) < 4.78 is 5.54. The first kappa shape index (κ1) is 15.5. The highest BCUT2D eigenvalue weighted by molar-refractivity contribution is 5.78. The number of benzene rings is 1. The van der Waals surface area contributed by atoms with E-state index in [1.54, 1.807) is 0 Å². The van der Waals surface area contributed by atoms with Crippen LogP contribution in [0.25, 0.3) is 0 Å². The molecule has 1 amide bonds. The number of ether oxygens (including phenoxy) is 1. The fourth-order valence-corrected chi connectivity index (χ4v) is 1.61. The normalized spacial score (nSPS) is 11.5. The lowest BCUT2D eigenvalue weighted by molar-refractivity contribution is -0.124. The first-order valence-corrected chi connectivity index (χ1v) is 6.88. The smallest absolute Gasteiger partial charge is 0.258 e. The summed E-state index contributed by atoms with van der Waals surface area (Å²) in [5, 5.41) is 2.95. The largest absolute Gasteiger partial charge is 0.484 e. The molecule has 0 saturated heterocycles. The number of amides is 1. The molecule has 3 nitrogen and oxygen atoms in total. The van der Waals surface area contributed by atoms with Crippen molar-refractivity contribution in [1.82, 2.24) is 5.32 Å². The Morgan fingerprint density at radius 2 is 2.05 bits per heavy atom. The lowest BCUT2D eigenvalue weighted by Crippen LogP contribution is -2.44. The minimum absolute atomic E-state index is 0.0605. The van der Waals surface area contributed by atoms with Crippen LogP contribution in [0.4, 0.5) is 0 Å². The van der Waals surface area contributed by atoms with Crippen LogP contribution in [-0.2, 0) is 4.79 Å². The zero-order chi connectivity index (χ0) is 14.5. The monoisotopic (exact) mass is 263 g/mol. The number of carbonyl (C=O) groups is 1. The van der Waals surface area contributed by atoms with Crippen molar-refractivity contribution in [1.29, 1.82) is 0 Å². The average Bonchev–Trinajstić information content (AvgIpc) is 2.36. The van der Waals surface area contributed by atoms with Crippen LogP contribution in [0, 0.1) is 0 Å². The van der Waals surface area contributed by atoms with Gasteiger partial charge >= 0.3 is 0 Å². The fourth-order valence-electron chi connectivity index (χ4n) is 1.61. The average molecular weight is 263 g/mol. The predicted molar refractivity (Wildman–Crippen MR) is 78.5 cm³/mol. The minimum atomic E-state index is -0.180. The van der Waals surface area contributed by atoms with Crippen molar-refractivity contribution in [3.05, 3.63) is 29.8 Å². The van der Waals surface area contributed by atoms with E-state index in [1.165, 1.54) is 5.56 Å². The summed E-state index contributed by atoms with van der Waals surface area (Å²) in [4.78, 5) is 11.8. The second-order valence-corrected chi connectivity index (χ2v) is 5.80. The number of hydrogen-bond acceptors (Lipinski definition) is 2. The Balaban J connectivity index is 2.53. The van der Waals surface area contributed by atoms with Gasteiger partial charge in [-0.2, -0.15) is 0 Å². The maximum atomic E-state index is 11.8. The summed E-state index contributed by atoms with van der Waals surface area (Å²) in [5.74, 6) is 1.12. The third kappa shape index (κ3) is 5.33. The summed E-state index contributed by atoms with van der Waals surface area (Å²) in [7, 11) is 0. The molecule has 0 fully saturated rings. The summed E-state index contributed by atoms with van der Waals surface area (Å²) in [6.45, 7) is 10.4. The van der Waals surface area contributed by atoms with Gasteiger partial charge in [-0.1, -0.05) is 32.9 Å². The standard InChI is InChI=1S/C16H25NO2/c1-6-16(4,5)17-15(18)11-19-14-9-7-8-13(10-14)12(2)3/h7-10,12H,6,11H2,1-5H3,(H,17,18). The summed E-state index contributed by atoms with van der Waals surface area (Å²) >= 11 is 0. The van der Waals surface area contributed by atoms with E-state index in [4.69, 9.17) is 4.74 Å². The fraction of sp³-hybridized carbons (Fsp3) is 0.562. The summed E-state index contributed by atoms with van der Waals surface area (Å²) in [6, 6.07) is 7.89. The maximum Gasteiger partial charge on any atom is 0.258 e. The molecule has 106 valence electrons. The molecule has 0 aliphatic rings. The molecule has 0 heterocycles. The van der Waals surface area contributed by atoms with E-state index in [2.05, 4.69) is 25.2 Å². The van der Waals surface area contributed by atoms with Crippen LogP contribution in [0.5, 0.6) is 5.75 Å². The van der Waals surface area contributed by atoms with Gasteiger partial charge in [-0.15, -0.1) is 0 Å². The zero-order valence-corrected chi connectivity index (χ0v) is 12.6. The molecule has 1 aromatic rings. The van der Waals surface area contributed by atoms with Crippen molar-refractivity contribution < 1.29 is 9.53 Å². The quantitative estimate of drug-likeness (QED) is 0.853. The molecule has 0 aliphatic carbocycles. The lowest BCUT2D eigenvalue weighted by atomic mass is 10.0. The Morgan fingerprint density at radius 3 is 2.63 bits per heavy atom. The topological polar surface area (TPSA) is 38.3 Å². The summed E-state index contributed by atoms with van der Waals surface area (Å²) in [6.07, 6.45) is 0.890. The Bertz CT molecular complexity index is 425. The van der Waals surface area contributed by atoms with E-state index in [0.29, 0.717) is 5.92 Å². The van der Waals surface area contributed by atoms with Gasteiger partial charge in [-0.3, -0.25) is 4.79 Å². The van der Waals surface area contributed by atoms with Crippen molar-refractivity contribution in [2.24, 2.45) is 0 Å². The van der Waals surface area contributed by atoms with Crippen LogP contribution < -0.4 is 10.1 Å². The molecule has 0 unspecified atom stereocenters.